The van der Waals surface area contributed by atoms with E-state index in [4.69, 9.17) is 4.84 Å². The van der Waals surface area contributed by atoms with Crippen molar-refractivity contribution >= 4 is 11.8 Å². The molecule has 3 nitrogen and oxygen atoms in total. The number of hydrogen-bond acceptors (Lipinski definition) is 3. The summed E-state index contributed by atoms with van der Waals surface area (Å²) in [5.41, 5.74) is 4.42. The topological polar surface area (TPSA) is 34.5 Å². The predicted octanol–water partition coefficient (Wildman–Crippen LogP) is 3.30. The lowest BCUT2D eigenvalue weighted by Gasteiger charge is -2.15. The van der Waals surface area contributed by atoms with Crippen LogP contribution in [-0.2, 0) is 4.84 Å². The summed E-state index contributed by atoms with van der Waals surface area (Å²) in [4.78, 5) is 9.78. The van der Waals surface area contributed by atoms with Crippen LogP contribution in [-0.4, -0.2) is 16.8 Å². The molecule has 0 N–H and O–H groups in total. The molecule has 0 aliphatic carbocycles. The first-order valence-electron chi connectivity index (χ1n) is 5.93. The molecule has 0 saturated carbocycles. The van der Waals surface area contributed by atoms with Crippen LogP contribution in [0.4, 0.5) is 0 Å². The van der Waals surface area contributed by atoms with E-state index in [9.17, 15) is 0 Å². The maximum Gasteiger partial charge on any atom is 0.137 e. The molecule has 2 rings (SSSR count). The van der Waals surface area contributed by atoms with Gasteiger partial charge in [-0.25, -0.2) is 0 Å². The summed E-state index contributed by atoms with van der Waals surface area (Å²) in [5, 5.41) is 4.04. The maximum atomic E-state index is 5.30. The Labute approximate surface area is 102 Å². The van der Waals surface area contributed by atoms with Crippen LogP contribution in [0, 0.1) is 6.92 Å². The minimum absolute atomic E-state index is 0.101. The zero-order valence-electron chi connectivity index (χ0n) is 10.8. The van der Waals surface area contributed by atoms with Crippen molar-refractivity contribution < 1.29 is 4.84 Å². The lowest BCUT2D eigenvalue weighted by atomic mass is 9.91. The maximum absolute atomic E-state index is 5.30. The van der Waals surface area contributed by atoms with Gasteiger partial charge in [0, 0.05) is 6.20 Å². The largest absolute Gasteiger partial charge is 0.392 e. The van der Waals surface area contributed by atoms with Crippen molar-refractivity contribution in [3.63, 3.8) is 0 Å². The Bertz CT molecular complexity index is 477. The summed E-state index contributed by atoms with van der Waals surface area (Å²) in [6, 6.07) is 2.18. The fourth-order valence-electron chi connectivity index (χ4n) is 2.25. The van der Waals surface area contributed by atoms with E-state index in [1.165, 1.54) is 11.1 Å². The van der Waals surface area contributed by atoms with Crippen LogP contribution in [0.1, 0.15) is 43.5 Å². The quantitative estimate of drug-likeness (QED) is 0.781. The predicted molar refractivity (Wildman–Crippen MR) is 70.1 cm³/mol. The summed E-state index contributed by atoms with van der Waals surface area (Å²) >= 11 is 0. The van der Waals surface area contributed by atoms with Crippen molar-refractivity contribution in [1.29, 1.82) is 0 Å². The number of oxime groups is 1. The zero-order chi connectivity index (χ0) is 12.4. The van der Waals surface area contributed by atoms with E-state index in [-0.39, 0.29) is 12.0 Å². The Morgan fingerprint density at radius 2 is 2.12 bits per heavy atom. The molecular formula is C14H18N2O. The molecule has 0 radical (unpaired) electrons. The van der Waals surface area contributed by atoms with Gasteiger partial charge in [0.15, 0.2) is 0 Å². The van der Waals surface area contributed by atoms with E-state index in [0.717, 1.165) is 11.4 Å². The molecule has 90 valence electrons. The van der Waals surface area contributed by atoms with E-state index < -0.39 is 0 Å². The third-order valence-electron chi connectivity index (χ3n) is 3.11. The van der Waals surface area contributed by atoms with Crippen molar-refractivity contribution in [2.45, 2.75) is 39.7 Å². The van der Waals surface area contributed by atoms with Crippen LogP contribution in [0.25, 0.3) is 6.08 Å². The normalized spacial score (nSPS) is 23.9. The summed E-state index contributed by atoms with van der Waals surface area (Å²) in [6.45, 7) is 8.13. The third kappa shape index (κ3) is 2.23. The van der Waals surface area contributed by atoms with Gasteiger partial charge in [-0.1, -0.05) is 17.3 Å². The summed E-state index contributed by atoms with van der Waals surface area (Å²) < 4.78 is 0. The average molecular weight is 230 g/mol. The Morgan fingerprint density at radius 1 is 1.35 bits per heavy atom. The van der Waals surface area contributed by atoms with Gasteiger partial charge in [0.1, 0.15) is 6.10 Å². The second-order valence-corrected chi connectivity index (χ2v) is 4.49. The zero-order valence-corrected chi connectivity index (χ0v) is 10.8. The first-order chi connectivity index (χ1) is 8.13. The van der Waals surface area contributed by atoms with E-state index in [1.54, 1.807) is 0 Å². The molecule has 17 heavy (non-hydrogen) atoms. The van der Waals surface area contributed by atoms with Gasteiger partial charge in [0.05, 0.1) is 17.3 Å². The highest BCUT2D eigenvalue weighted by Gasteiger charge is 2.29. The van der Waals surface area contributed by atoms with Crippen LogP contribution in [0.15, 0.2) is 23.5 Å². The molecule has 0 bridgehead atoms. The van der Waals surface area contributed by atoms with Crippen molar-refractivity contribution in [3.05, 3.63) is 35.2 Å². The van der Waals surface area contributed by atoms with Crippen molar-refractivity contribution in [2.24, 2.45) is 5.16 Å². The highest BCUT2D eigenvalue weighted by atomic mass is 16.6. The minimum Gasteiger partial charge on any atom is -0.392 e. The molecule has 2 heterocycles. The molecule has 1 aromatic rings. The summed E-state index contributed by atoms with van der Waals surface area (Å²) in [7, 11) is 0. The van der Waals surface area contributed by atoms with E-state index in [1.807, 2.05) is 39.1 Å². The first-order valence-corrected chi connectivity index (χ1v) is 5.93. The summed E-state index contributed by atoms with van der Waals surface area (Å²) in [5.74, 6) is 0.237. The Hall–Kier alpha value is -1.64. The first kappa shape index (κ1) is 11.8. The molecule has 0 spiro atoms. The number of nitrogens with zero attached hydrogens (tertiary/aromatic N) is 2. The van der Waals surface area contributed by atoms with E-state index >= 15 is 0 Å². The third-order valence-corrected chi connectivity index (χ3v) is 3.11. The Balaban J connectivity index is 2.35. The second kappa shape index (κ2) is 4.70. The van der Waals surface area contributed by atoms with Crippen LogP contribution in [0.5, 0.6) is 0 Å². The van der Waals surface area contributed by atoms with Crippen LogP contribution < -0.4 is 0 Å². The molecule has 0 aromatic carbocycles. The van der Waals surface area contributed by atoms with E-state index in [2.05, 4.69) is 23.1 Å². The van der Waals surface area contributed by atoms with Gasteiger partial charge in [-0.2, -0.15) is 0 Å². The molecule has 1 aromatic heterocycles. The van der Waals surface area contributed by atoms with Crippen molar-refractivity contribution in [2.75, 3.05) is 0 Å². The van der Waals surface area contributed by atoms with Gasteiger partial charge < -0.3 is 4.84 Å². The smallest absolute Gasteiger partial charge is 0.137 e. The monoisotopic (exact) mass is 230 g/mol. The number of aryl methyl sites for hydroxylation is 1. The van der Waals surface area contributed by atoms with Gasteiger partial charge in [0.2, 0.25) is 0 Å². The molecule has 0 amide bonds. The minimum atomic E-state index is 0.101. The second-order valence-electron chi connectivity index (χ2n) is 4.49. The number of pyridine rings is 1. The molecule has 2 atom stereocenters. The average Bonchev–Trinajstić information content (AvgIpc) is 2.62. The molecule has 0 saturated heterocycles. The number of allylic oxidation sites excluding steroid dienone is 1. The van der Waals surface area contributed by atoms with Crippen molar-refractivity contribution in [3.8, 4) is 0 Å². The standard InChI is InChI=1S/C14H18N2O/c1-5-6-13-9(2)7-12(8-15-13)14-10(3)16-17-11(14)4/h5-8,11,14H,1-4H3/b6-5-. The lowest BCUT2D eigenvalue weighted by Crippen LogP contribution is -2.17. The van der Waals surface area contributed by atoms with Gasteiger partial charge >= 0.3 is 0 Å². The fraction of sp³-hybridized carbons (Fsp3) is 0.429. The summed E-state index contributed by atoms with van der Waals surface area (Å²) in [6.07, 6.45) is 6.05. The van der Waals surface area contributed by atoms with Gasteiger partial charge in [-0.15, -0.1) is 0 Å². The van der Waals surface area contributed by atoms with Crippen LogP contribution >= 0.6 is 0 Å². The molecule has 2 unspecified atom stereocenters. The highest BCUT2D eigenvalue weighted by Crippen LogP contribution is 2.29. The SMILES string of the molecule is C/C=C\c1ncc(C2C(C)=NOC2C)cc1C. The molecule has 0 fully saturated rings. The van der Waals surface area contributed by atoms with E-state index in [0.29, 0.717) is 0 Å². The number of aromatic nitrogens is 1. The molecule has 1 aliphatic rings. The van der Waals surface area contributed by atoms with Crippen LogP contribution in [0.3, 0.4) is 0 Å². The molecule has 1 aliphatic heterocycles. The fourth-order valence-corrected chi connectivity index (χ4v) is 2.25. The lowest BCUT2D eigenvalue weighted by molar-refractivity contribution is 0.0904. The van der Waals surface area contributed by atoms with Gasteiger partial charge in [-0.3, -0.25) is 4.98 Å². The Kier molecular flexibility index (Phi) is 3.27. The van der Waals surface area contributed by atoms with Gasteiger partial charge in [0.25, 0.3) is 0 Å². The van der Waals surface area contributed by atoms with Crippen molar-refractivity contribution in [1.82, 2.24) is 4.98 Å². The molecule has 3 heteroatoms. The highest BCUT2D eigenvalue weighted by molar-refractivity contribution is 5.90. The number of hydrogen-bond donors (Lipinski definition) is 0. The Morgan fingerprint density at radius 3 is 2.65 bits per heavy atom. The van der Waals surface area contributed by atoms with Gasteiger partial charge in [-0.05, 0) is 44.9 Å². The molecular weight excluding hydrogens is 212 g/mol. The number of rotatable bonds is 2. The van der Waals surface area contributed by atoms with Crippen LogP contribution in [0.2, 0.25) is 0 Å².